The quantitative estimate of drug-likeness (QED) is 0.745. The molecule has 1 saturated heterocycles. The van der Waals surface area contributed by atoms with Gasteiger partial charge in [-0.15, -0.1) is 0 Å². The van der Waals surface area contributed by atoms with Crippen molar-refractivity contribution < 1.29 is 0 Å². The molecule has 0 aliphatic carbocycles. The molecule has 4 heteroatoms. The first-order valence-electron chi connectivity index (χ1n) is 8.07. The minimum Gasteiger partial charge on any atom is -0.369 e. The van der Waals surface area contributed by atoms with Crippen LogP contribution in [0.1, 0.15) is 5.56 Å². The molecule has 0 spiro atoms. The average Bonchev–Trinajstić information content (AvgIpc) is 3.06. The first kappa shape index (κ1) is 14.8. The molecule has 1 fully saturated rings. The minimum absolute atomic E-state index is 1.05. The first-order valence-corrected chi connectivity index (χ1v) is 8.87. The molecule has 1 N–H and O–H groups in total. The van der Waals surface area contributed by atoms with Gasteiger partial charge in [0.25, 0.3) is 0 Å². The predicted molar refractivity (Wildman–Crippen MR) is 99.9 cm³/mol. The number of hydrogen-bond donors (Lipinski definition) is 1. The summed E-state index contributed by atoms with van der Waals surface area (Å²) in [4.78, 5) is 8.33. The third-order valence-corrected chi connectivity index (χ3v) is 5.25. The highest BCUT2D eigenvalue weighted by molar-refractivity contribution is 9.10. The smallest absolute Gasteiger partial charge is 0.0486 e. The molecule has 1 aliphatic rings. The van der Waals surface area contributed by atoms with Crippen LogP contribution >= 0.6 is 15.9 Å². The fraction of sp³-hybridized carbons (Fsp3) is 0.263. The summed E-state index contributed by atoms with van der Waals surface area (Å²) < 4.78 is 1.16. The van der Waals surface area contributed by atoms with Crippen molar-refractivity contribution in [2.24, 2.45) is 0 Å². The topological polar surface area (TPSA) is 22.3 Å². The van der Waals surface area contributed by atoms with Gasteiger partial charge in [0.1, 0.15) is 0 Å². The summed E-state index contributed by atoms with van der Waals surface area (Å²) in [6.45, 7) is 5.41. The van der Waals surface area contributed by atoms with Crippen LogP contribution in [0.25, 0.3) is 10.9 Å². The molecule has 23 heavy (non-hydrogen) atoms. The molecular formula is C19H20BrN3. The van der Waals surface area contributed by atoms with Gasteiger partial charge in [-0.05, 0) is 23.8 Å². The van der Waals surface area contributed by atoms with Gasteiger partial charge in [0.05, 0.1) is 0 Å². The average molecular weight is 370 g/mol. The number of piperazine rings is 1. The summed E-state index contributed by atoms with van der Waals surface area (Å²) >= 11 is 3.69. The van der Waals surface area contributed by atoms with E-state index < -0.39 is 0 Å². The van der Waals surface area contributed by atoms with E-state index >= 15 is 0 Å². The van der Waals surface area contributed by atoms with Crippen molar-refractivity contribution >= 4 is 32.5 Å². The molecule has 3 aromatic rings. The highest BCUT2D eigenvalue weighted by atomic mass is 79.9. The normalized spacial score (nSPS) is 16.1. The van der Waals surface area contributed by atoms with Gasteiger partial charge in [-0.1, -0.05) is 46.3 Å². The summed E-state index contributed by atoms with van der Waals surface area (Å²) in [5.41, 5.74) is 3.89. The molecule has 0 bridgehead atoms. The van der Waals surface area contributed by atoms with Gasteiger partial charge in [0.15, 0.2) is 0 Å². The highest BCUT2D eigenvalue weighted by Crippen LogP contribution is 2.30. The van der Waals surface area contributed by atoms with Crippen LogP contribution in [0.15, 0.2) is 59.2 Å². The van der Waals surface area contributed by atoms with Crippen LogP contribution < -0.4 is 4.90 Å². The number of hydrogen-bond acceptors (Lipinski definition) is 2. The van der Waals surface area contributed by atoms with Crippen molar-refractivity contribution in [3.63, 3.8) is 0 Å². The van der Waals surface area contributed by atoms with Gasteiger partial charge in [0, 0.05) is 60.0 Å². The molecular weight excluding hydrogens is 350 g/mol. The summed E-state index contributed by atoms with van der Waals surface area (Å²) in [5, 5.41) is 1.25. The Bertz CT molecular complexity index is 789. The van der Waals surface area contributed by atoms with Crippen LogP contribution in [0.2, 0.25) is 0 Å². The van der Waals surface area contributed by atoms with Gasteiger partial charge in [0.2, 0.25) is 0 Å². The zero-order valence-electron chi connectivity index (χ0n) is 13.0. The van der Waals surface area contributed by atoms with Gasteiger partial charge in [-0.25, -0.2) is 0 Å². The third-order valence-electron chi connectivity index (χ3n) is 4.59. The van der Waals surface area contributed by atoms with E-state index in [0.717, 1.165) is 37.2 Å². The Labute approximate surface area is 145 Å². The molecule has 2 heterocycles. The number of anilines is 1. The van der Waals surface area contributed by atoms with Crippen molar-refractivity contribution in [1.29, 1.82) is 0 Å². The summed E-state index contributed by atoms with van der Waals surface area (Å²) in [7, 11) is 0. The monoisotopic (exact) mass is 369 g/mol. The fourth-order valence-corrected chi connectivity index (χ4v) is 3.88. The van der Waals surface area contributed by atoms with E-state index in [1.54, 1.807) is 0 Å². The van der Waals surface area contributed by atoms with E-state index in [-0.39, 0.29) is 0 Å². The lowest BCUT2D eigenvalue weighted by molar-refractivity contribution is 0.250. The maximum Gasteiger partial charge on any atom is 0.0486 e. The zero-order valence-corrected chi connectivity index (χ0v) is 14.6. The Morgan fingerprint density at radius 1 is 0.957 bits per heavy atom. The number of aromatic amines is 1. The lowest BCUT2D eigenvalue weighted by atomic mass is 10.1. The van der Waals surface area contributed by atoms with Crippen molar-refractivity contribution in [3.8, 4) is 0 Å². The molecule has 0 amide bonds. The lowest BCUT2D eigenvalue weighted by Crippen LogP contribution is -2.45. The molecule has 3 nitrogen and oxygen atoms in total. The van der Waals surface area contributed by atoms with Crippen molar-refractivity contribution in [2.75, 3.05) is 31.1 Å². The number of nitrogens with one attached hydrogen (secondary N) is 1. The van der Waals surface area contributed by atoms with E-state index in [1.807, 2.05) is 6.20 Å². The van der Waals surface area contributed by atoms with E-state index in [0.29, 0.717) is 0 Å². The summed E-state index contributed by atoms with van der Waals surface area (Å²) in [5.74, 6) is 0. The number of fused-ring (bicyclic) bond motifs is 1. The number of H-pyrrole nitrogens is 1. The Hall–Kier alpha value is -1.78. The summed E-state index contributed by atoms with van der Waals surface area (Å²) in [6.07, 6.45) is 2.00. The van der Waals surface area contributed by atoms with Crippen molar-refractivity contribution in [1.82, 2.24) is 9.88 Å². The highest BCUT2D eigenvalue weighted by Gasteiger charge is 2.18. The van der Waals surface area contributed by atoms with Gasteiger partial charge in [-0.2, -0.15) is 0 Å². The number of aromatic nitrogens is 1. The molecule has 2 aromatic carbocycles. The van der Waals surface area contributed by atoms with Crippen LogP contribution in [-0.4, -0.2) is 36.1 Å². The minimum atomic E-state index is 1.05. The molecule has 0 unspecified atom stereocenters. The second-order valence-corrected chi connectivity index (χ2v) is 6.97. The zero-order chi connectivity index (χ0) is 15.6. The molecule has 1 aromatic heterocycles. The van der Waals surface area contributed by atoms with Crippen LogP contribution in [0, 0.1) is 0 Å². The third kappa shape index (κ3) is 3.14. The molecule has 1 aliphatic heterocycles. The maximum absolute atomic E-state index is 3.69. The van der Waals surface area contributed by atoms with Gasteiger partial charge < -0.3 is 9.88 Å². The Balaban J connectivity index is 1.44. The Morgan fingerprint density at radius 3 is 2.52 bits per heavy atom. The van der Waals surface area contributed by atoms with Gasteiger partial charge in [-0.3, -0.25) is 4.90 Å². The standard InChI is InChI=1S/C19H20BrN3/c20-18-12-16(13-19-17(18)6-7-21-19)23-10-8-22(9-11-23)14-15-4-2-1-3-5-15/h1-7,12-13,21H,8-11,14H2. The first-order chi connectivity index (χ1) is 11.3. The molecule has 4 rings (SSSR count). The predicted octanol–water partition coefficient (Wildman–Crippen LogP) is 4.25. The van der Waals surface area contributed by atoms with Crippen LogP contribution in [-0.2, 0) is 6.54 Å². The van der Waals surface area contributed by atoms with Gasteiger partial charge >= 0.3 is 0 Å². The number of halogens is 1. The van der Waals surface area contributed by atoms with Crippen molar-refractivity contribution in [3.05, 3.63) is 64.8 Å². The SMILES string of the molecule is Brc1cc(N2CCN(Cc3ccccc3)CC2)cc2[nH]ccc12. The van der Waals surface area contributed by atoms with Crippen molar-refractivity contribution in [2.45, 2.75) is 6.54 Å². The van der Waals surface area contributed by atoms with Crippen LogP contribution in [0.4, 0.5) is 5.69 Å². The molecule has 0 radical (unpaired) electrons. The Morgan fingerprint density at radius 2 is 1.74 bits per heavy atom. The molecule has 0 atom stereocenters. The molecule has 0 saturated carbocycles. The second kappa shape index (κ2) is 6.38. The summed E-state index contributed by atoms with van der Waals surface area (Å²) in [6, 6.07) is 17.3. The lowest BCUT2D eigenvalue weighted by Gasteiger charge is -2.36. The largest absolute Gasteiger partial charge is 0.369 e. The number of benzene rings is 2. The van der Waals surface area contributed by atoms with Crippen LogP contribution in [0.3, 0.4) is 0 Å². The van der Waals surface area contributed by atoms with E-state index in [4.69, 9.17) is 0 Å². The maximum atomic E-state index is 3.69. The second-order valence-electron chi connectivity index (χ2n) is 6.12. The van der Waals surface area contributed by atoms with Crippen LogP contribution in [0.5, 0.6) is 0 Å². The fourth-order valence-electron chi connectivity index (χ4n) is 3.30. The van der Waals surface area contributed by atoms with E-state index in [9.17, 15) is 0 Å². The van der Waals surface area contributed by atoms with E-state index in [2.05, 4.69) is 79.2 Å². The van der Waals surface area contributed by atoms with E-state index in [1.165, 1.54) is 22.2 Å². The number of rotatable bonds is 3. The molecule has 118 valence electrons. The number of nitrogens with zero attached hydrogens (tertiary/aromatic N) is 2. The Kier molecular flexibility index (Phi) is 4.10.